The van der Waals surface area contributed by atoms with Crippen LogP contribution in [0.25, 0.3) is 0 Å². The lowest BCUT2D eigenvalue weighted by Crippen LogP contribution is -2.28. The second kappa shape index (κ2) is 20.4. The maximum absolute atomic E-state index is 13.1. The van der Waals surface area contributed by atoms with Crippen molar-refractivity contribution in [3.8, 4) is 11.5 Å². The Bertz CT molecular complexity index is 1620. The molecular weight excluding hydrogens is 644 g/mol. The number of halogens is 1. The van der Waals surface area contributed by atoms with E-state index in [4.69, 9.17) is 21.1 Å². The number of hydrogen-bond donors (Lipinski definition) is 0. The van der Waals surface area contributed by atoms with Crippen LogP contribution < -0.4 is 9.47 Å². The molecule has 6 nitrogen and oxygen atoms in total. The van der Waals surface area contributed by atoms with Crippen LogP contribution in [0.15, 0.2) is 91.0 Å². The van der Waals surface area contributed by atoms with Crippen LogP contribution in [0.5, 0.6) is 11.5 Å². The predicted octanol–water partition coefficient (Wildman–Crippen LogP) is 10.1. The van der Waals surface area contributed by atoms with Gasteiger partial charge in [0.05, 0.1) is 5.56 Å². The zero-order valence-corrected chi connectivity index (χ0v) is 31.0. The molecule has 1 aliphatic heterocycles. The molecule has 1 saturated carbocycles. The van der Waals surface area contributed by atoms with E-state index in [1.54, 1.807) is 4.90 Å². The summed E-state index contributed by atoms with van der Waals surface area (Å²) >= 11 is 5.19. The third-order valence-corrected chi connectivity index (χ3v) is 9.45. The molecule has 0 spiro atoms. The van der Waals surface area contributed by atoms with Crippen molar-refractivity contribution in [2.75, 3.05) is 19.5 Å². The van der Waals surface area contributed by atoms with Crippen LogP contribution in [0.1, 0.15) is 102 Å². The van der Waals surface area contributed by atoms with Crippen molar-refractivity contribution in [3.63, 3.8) is 0 Å². The van der Waals surface area contributed by atoms with Crippen LogP contribution in [0, 0.1) is 6.92 Å². The largest absolute Gasteiger partial charge is 0.488 e. The first-order valence-electron chi connectivity index (χ1n) is 18.0. The highest BCUT2D eigenvalue weighted by atomic mass is 35.5. The van der Waals surface area contributed by atoms with Crippen molar-refractivity contribution in [1.82, 2.24) is 9.80 Å². The monoisotopic (exact) mass is 696 g/mol. The lowest BCUT2D eigenvalue weighted by atomic mass is 9.79. The van der Waals surface area contributed by atoms with Gasteiger partial charge in [0, 0.05) is 38.6 Å². The van der Waals surface area contributed by atoms with Crippen molar-refractivity contribution >= 4 is 23.9 Å². The van der Waals surface area contributed by atoms with Gasteiger partial charge in [-0.25, -0.2) is 0 Å². The maximum Gasteiger partial charge on any atom is 0.257 e. The molecule has 0 bridgehead atoms. The molecule has 0 aromatic heterocycles. The molecular formula is C43H53ClN2O4. The quantitative estimate of drug-likeness (QED) is 0.103. The van der Waals surface area contributed by atoms with E-state index in [0.717, 1.165) is 79.5 Å². The number of hydrogen-bond acceptors (Lipinski definition) is 4. The number of benzene rings is 4. The third kappa shape index (κ3) is 11.4. The summed E-state index contributed by atoms with van der Waals surface area (Å²) in [6, 6.07) is 30.5. The highest BCUT2D eigenvalue weighted by Gasteiger charge is 2.23. The smallest absolute Gasteiger partial charge is 0.257 e. The SMILES string of the molecule is CCCCN(C)C(=O)c1cc(C)c(OCc2ccccc2)cc1OCc1ccccc1.CCCCl.O=CN1Cc2ccc(C3CCC3)cc2C1. The van der Waals surface area contributed by atoms with Crippen molar-refractivity contribution in [1.29, 1.82) is 0 Å². The second-order valence-electron chi connectivity index (χ2n) is 13.1. The Morgan fingerprint density at radius 2 is 1.44 bits per heavy atom. The van der Waals surface area contributed by atoms with E-state index in [9.17, 15) is 9.59 Å². The Labute approximate surface area is 304 Å². The van der Waals surface area contributed by atoms with Gasteiger partial charge in [-0.05, 0) is 78.0 Å². The van der Waals surface area contributed by atoms with E-state index in [0.29, 0.717) is 24.5 Å². The number of aryl methyl sites for hydroxylation is 1. The summed E-state index contributed by atoms with van der Waals surface area (Å²) in [5, 5.41) is 0. The van der Waals surface area contributed by atoms with Crippen LogP contribution >= 0.6 is 11.6 Å². The molecule has 4 aromatic carbocycles. The van der Waals surface area contributed by atoms with Gasteiger partial charge in [-0.2, -0.15) is 0 Å². The van der Waals surface area contributed by atoms with Crippen LogP contribution in [0.3, 0.4) is 0 Å². The Balaban J connectivity index is 0.000000243. The topological polar surface area (TPSA) is 59.1 Å². The van der Waals surface area contributed by atoms with Gasteiger partial charge < -0.3 is 19.3 Å². The number of carbonyl (C=O) groups is 2. The van der Waals surface area contributed by atoms with Gasteiger partial charge in [0.2, 0.25) is 6.41 Å². The summed E-state index contributed by atoms with van der Waals surface area (Å²) < 4.78 is 12.2. The molecule has 2 aliphatic rings. The van der Waals surface area contributed by atoms with E-state index in [1.807, 2.05) is 98.6 Å². The molecule has 7 heteroatoms. The molecule has 1 aliphatic carbocycles. The minimum absolute atomic E-state index is 0.0331. The van der Waals surface area contributed by atoms with E-state index < -0.39 is 0 Å². The molecule has 0 unspecified atom stereocenters. The summed E-state index contributed by atoms with van der Waals surface area (Å²) in [6.07, 6.45) is 8.11. The van der Waals surface area contributed by atoms with Crippen molar-refractivity contribution in [3.05, 3.63) is 130 Å². The minimum atomic E-state index is -0.0331. The zero-order valence-electron chi connectivity index (χ0n) is 30.2. The van der Waals surface area contributed by atoms with Crippen LogP contribution in [-0.2, 0) is 31.1 Å². The van der Waals surface area contributed by atoms with Gasteiger partial charge >= 0.3 is 0 Å². The summed E-state index contributed by atoms with van der Waals surface area (Å²) in [5.41, 5.74) is 7.78. The van der Waals surface area contributed by atoms with Gasteiger partial charge in [0.15, 0.2) is 0 Å². The molecule has 0 radical (unpaired) electrons. The average Bonchev–Trinajstić information content (AvgIpc) is 3.56. The minimum Gasteiger partial charge on any atom is -0.488 e. The number of rotatable bonds is 13. The molecule has 1 fully saturated rings. The molecule has 6 rings (SSSR count). The lowest BCUT2D eigenvalue weighted by Gasteiger charge is -2.26. The Kier molecular flexibility index (Phi) is 15.7. The van der Waals surface area contributed by atoms with Gasteiger partial charge in [-0.15, -0.1) is 11.6 Å². The highest BCUT2D eigenvalue weighted by Crippen LogP contribution is 2.38. The molecule has 4 aromatic rings. The molecule has 50 heavy (non-hydrogen) atoms. The van der Waals surface area contributed by atoms with Crippen LogP contribution in [0.4, 0.5) is 0 Å². The van der Waals surface area contributed by atoms with E-state index in [1.165, 1.54) is 36.0 Å². The number of ether oxygens (including phenoxy) is 2. The number of alkyl halides is 1. The van der Waals surface area contributed by atoms with E-state index >= 15 is 0 Å². The fourth-order valence-corrected chi connectivity index (χ4v) is 5.80. The van der Waals surface area contributed by atoms with Crippen molar-refractivity contribution in [2.45, 2.75) is 91.5 Å². The Hall–Kier alpha value is -4.29. The third-order valence-electron chi connectivity index (χ3n) is 9.07. The van der Waals surface area contributed by atoms with Gasteiger partial charge in [-0.1, -0.05) is 106 Å². The summed E-state index contributed by atoms with van der Waals surface area (Å²) in [7, 11) is 1.84. The first kappa shape index (κ1) is 38.5. The van der Waals surface area contributed by atoms with Crippen molar-refractivity contribution < 1.29 is 19.1 Å². The average molecular weight is 697 g/mol. The molecule has 0 saturated heterocycles. The first-order valence-corrected chi connectivity index (χ1v) is 18.5. The second-order valence-corrected chi connectivity index (χ2v) is 13.5. The van der Waals surface area contributed by atoms with Gasteiger partial charge in [0.1, 0.15) is 24.7 Å². The molecule has 1 heterocycles. The molecule has 266 valence electrons. The zero-order chi connectivity index (χ0) is 35.7. The highest BCUT2D eigenvalue weighted by molar-refractivity contribution is 6.17. The lowest BCUT2D eigenvalue weighted by molar-refractivity contribution is -0.118. The summed E-state index contributed by atoms with van der Waals surface area (Å²) in [5.74, 6) is 2.82. The fraction of sp³-hybridized carbons (Fsp3) is 0.395. The number of fused-ring (bicyclic) bond motifs is 1. The molecule has 2 amide bonds. The Morgan fingerprint density at radius 3 is 1.98 bits per heavy atom. The maximum atomic E-state index is 13.1. The van der Waals surface area contributed by atoms with Crippen LogP contribution in [0.2, 0.25) is 0 Å². The first-order chi connectivity index (χ1) is 24.4. The summed E-state index contributed by atoms with van der Waals surface area (Å²) in [6.45, 7) is 9.30. The van der Waals surface area contributed by atoms with E-state index in [2.05, 4.69) is 25.1 Å². The van der Waals surface area contributed by atoms with E-state index in [-0.39, 0.29) is 5.91 Å². The van der Waals surface area contributed by atoms with Gasteiger partial charge in [-0.3, -0.25) is 9.59 Å². The van der Waals surface area contributed by atoms with Crippen molar-refractivity contribution in [2.24, 2.45) is 0 Å². The molecule has 0 atom stereocenters. The number of carbonyl (C=O) groups excluding carboxylic acids is 2. The predicted molar refractivity (Wildman–Crippen MR) is 204 cm³/mol. The Morgan fingerprint density at radius 1 is 0.840 bits per heavy atom. The molecule has 0 N–H and O–H groups in total. The van der Waals surface area contributed by atoms with Gasteiger partial charge in [0.25, 0.3) is 5.91 Å². The normalized spacial score (nSPS) is 13.1. The number of unbranched alkanes of at least 4 members (excludes halogenated alkanes) is 1. The summed E-state index contributed by atoms with van der Waals surface area (Å²) in [4.78, 5) is 27.4. The fourth-order valence-electron chi connectivity index (χ4n) is 5.80. The standard InChI is InChI=1S/C27H31NO3.C13H15NO.C3H7Cl/c1-4-5-16-28(3)27(29)24-17-21(2)25(30-19-22-12-8-6-9-13-22)18-26(24)31-20-23-14-10-7-11-15-23;15-9-14-7-12-5-4-11(6-13(12)8-14)10-2-1-3-10;1-2-3-4/h6-15,17-18H,4-5,16,19-20H2,1-3H3;4-6,9-10H,1-3,7-8H2;2-3H2,1H3. The number of amides is 2. The number of nitrogens with zero attached hydrogens (tertiary/aromatic N) is 2. The van der Waals surface area contributed by atoms with Crippen LogP contribution in [-0.4, -0.2) is 41.6 Å².